The lowest BCUT2D eigenvalue weighted by molar-refractivity contribution is 1.01. The summed E-state index contributed by atoms with van der Waals surface area (Å²) in [5.74, 6) is 0.704. The zero-order valence-corrected chi connectivity index (χ0v) is 10.5. The summed E-state index contributed by atoms with van der Waals surface area (Å²) in [5, 5.41) is 14.2. The highest BCUT2D eigenvalue weighted by molar-refractivity contribution is 7.71. The fraction of sp³-hybridized carbons (Fsp3) is 0.0833. The molecule has 6 heteroatoms. The summed E-state index contributed by atoms with van der Waals surface area (Å²) in [6, 6.07) is 11.8. The summed E-state index contributed by atoms with van der Waals surface area (Å²) in [7, 11) is 0. The lowest BCUT2D eigenvalue weighted by Gasteiger charge is -2.03. The van der Waals surface area contributed by atoms with E-state index >= 15 is 0 Å². The van der Waals surface area contributed by atoms with Crippen molar-refractivity contribution in [3.05, 3.63) is 46.9 Å². The molecule has 2 aromatic heterocycles. The van der Waals surface area contributed by atoms with Crippen LogP contribution in [-0.2, 0) is 0 Å². The van der Waals surface area contributed by atoms with Gasteiger partial charge in [-0.3, -0.25) is 14.8 Å². The number of para-hydroxylation sites is 1. The Morgan fingerprint density at radius 1 is 1.11 bits per heavy atom. The molecule has 3 rings (SSSR count). The van der Waals surface area contributed by atoms with Crippen molar-refractivity contribution in [2.75, 3.05) is 0 Å². The molecule has 0 saturated heterocycles. The van der Waals surface area contributed by atoms with Crippen LogP contribution in [0.5, 0.6) is 0 Å². The molecular formula is C12H11N5S. The number of nitrogens with one attached hydrogen (secondary N) is 2. The topological polar surface area (TPSA) is 62.3 Å². The largest absolute Gasteiger partial charge is 0.282 e. The van der Waals surface area contributed by atoms with Crippen LogP contribution in [0.25, 0.3) is 17.2 Å². The first-order chi connectivity index (χ1) is 8.75. The molecule has 0 radical (unpaired) electrons. The predicted molar refractivity (Wildman–Crippen MR) is 71.1 cm³/mol. The zero-order valence-electron chi connectivity index (χ0n) is 9.71. The molecule has 0 atom stereocenters. The van der Waals surface area contributed by atoms with Gasteiger partial charge in [0.1, 0.15) is 5.69 Å². The smallest absolute Gasteiger partial charge is 0.200 e. The maximum atomic E-state index is 5.27. The summed E-state index contributed by atoms with van der Waals surface area (Å²) in [6.45, 7) is 1.95. The third kappa shape index (κ3) is 1.76. The van der Waals surface area contributed by atoms with E-state index < -0.39 is 0 Å². The van der Waals surface area contributed by atoms with Crippen LogP contribution in [0.1, 0.15) is 5.69 Å². The standard InChI is InChI=1S/C12H11N5S/c1-8-7-10(14-13-8)11-15-16-12(18)17(11)9-5-3-2-4-6-9/h2-7H,1H3,(H,13,14)(H,16,18). The fourth-order valence-electron chi connectivity index (χ4n) is 1.82. The highest BCUT2D eigenvalue weighted by atomic mass is 32.1. The SMILES string of the molecule is Cc1cc(-c2n[nH]c(=S)n2-c2ccccc2)n[nH]1. The van der Waals surface area contributed by atoms with Crippen LogP contribution in [-0.4, -0.2) is 25.0 Å². The van der Waals surface area contributed by atoms with Crippen LogP contribution >= 0.6 is 12.2 Å². The fourth-order valence-corrected chi connectivity index (χ4v) is 2.06. The van der Waals surface area contributed by atoms with Crippen molar-refractivity contribution < 1.29 is 0 Å². The zero-order chi connectivity index (χ0) is 12.5. The number of rotatable bonds is 2. The number of hydrogen-bond donors (Lipinski definition) is 2. The maximum absolute atomic E-state index is 5.27. The molecule has 0 aliphatic rings. The van der Waals surface area contributed by atoms with E-state index in [1.165, 1.54) is 0 Å². The van der Waals surface area contributed by atoms with Gasteiger partial charge >= 0.3 is 0 Å². The van der Waals surface area contributed by atoms with Crippen molar-refractivity contribution in [3.63, 3.8) is 0 Å². The molecule has 0 bridgehead atoms. The third-order valence-corrected chi connectivity index (χ3v) is 2.90. The van der Waals surface area contributed by atoms with Crippen LogP contribution in [0, 0.1) is 11.7 Å². The Kier molecular flexibility index (Phi) is 2.56. The minimum absolute atomic E-state index is 0.553. The molecule has 5 nitrogen and oxygen atoms in total. The Morgan fingerprint density at radius 2 is 1.89 bits per heavy atom. The molecule has 0 saturated carbocycles. The second-order valence-corrected chi connectivity index (χ2v) is 4.35. The van der Waals surface area contributed by atoms with Gasteiger partial charge in [-0.15, -0.1) is 0 Å². The summed E-state index contributed by atoms with van der Waals surface area (Å²) in [4.78, 5) is 0. The van der Waals surface area contributed by atoms with Gasteiger partial charge in [0.15, 0.2) is 10.6 Å². The van der Waals surface area contributed by atoms with Gasteiger partial charge in [-0.2, -0.15) is 10.2 Å². The molecule has 0 unspecified atom stereocenters. The van der Waals surface area contributed by atoms with Crippen molar-refractivity contribution in [3.8, 4) is 17.2 Å². The molecular weight excluding hydrogens is 246 g/mol. The Labute approximate surface area is 108 Å². The molecule has 90 valence electrons. The van der Waals surface area contributed by atoms with Gasteiger partial charge < -0.3 is 0 Å². The molecule has 1 aromatic carbocycles. The quantitative estimate of drug-likeness (QED) is 0.694. The average molecular weight is 257 g/mol. The highest BCUT2D eigenvalue weighted by Crippen LogP contribution is 2.19. The van der Waals surface area contributed by atoms with E-state index in [9.17, 15) is 0 Å². The van der Waals surface area contributed by atoms with Crippen molar-refractivity contribution in [2.45, 2.75) is 6.92 Å². The number of aromatic nitrogens is 5. The van der Waals surface area contributed by atoms with Crippen LogP contribution < -0.4 is 0 Å². The van der Waals surface area contributed by atoms with Crippen LogP contribution in [0.2, 0.25) is 0 Å². The number of hydrogen-bond acceptors (Lipinski definition) is 3. The van der Waals surface area contributed by atoms with E-state index in [0.29, 0.717) is 10.6 Å². The van der Waals surface area contributed by atoms with Crippen molar-refractivity contribution in [1.82, 2.24) is 25.0 Å². The van der Waals surface area contributed by atoms with Gasteiger partial charge in [0.2, 0.25) is 0 Å². The van der Waals surface area contributed by atoms with Crippen LogP contribution in [0.3, 0.4) is 0 Å². The monoisotopic (exact) mass is 257 g/mol. The summed E-state index contributed by atoms with van der Waals surface area (Å²) in [5.41, 5.74) is 2.72. The molecule has 2 N–H and O–H groups in total. The molecule has 3 aromatic rings. The van der Waals surface area contributed by atoms with Crippen molar-refractivity contribution in [1.29, 1.82) is 0 Å². The second-order valence-electron chi connectivity index (χ2n) is 3.96. The normalized spacial score (nSPS) is 10.7. The number of aryl methyl sites for hydroxylation is 1. The first kappa shape index (κ1) is 10.9. The van der Waals surface area contributed by atoms with Crippen molar-refractivity contribution >= 4 is 12.2 Å². The lowest BCUT2D eigenvalue weighted by Crippen LogP contribution is -1.97. The second kappa shape index (κ2) is 4.23. The molecule has 0 amide bonds. The Morgan fingerprint density at radius 3 is 2.56 bits per heavy atom. The first-order valence-electron chi connectivity index (χ1n) is 5.51. The minimum atomic E-state index is 0.553. The third-order valence-electron chi connectivity index (χ3n) is 2.62. The maximum Gasteiger partial charge on any atom is 0.200 e. The number of H-pyrrole nitrogens is 2. The van der Waals surface area contributed by atoms with Gasteiger partial charge in [-0.25, -0.2) is 0 Å². The van der Waals surface area contributed by atoms with E-state index in [-0.39, 0.29) is 0 Å². The van der Waals surface area contributed by atoms with E-state index in [2.05, 4.69) is 20.4 Å². The number of aromatic amines is 2. The van der Waals surface area contributed by atoms with Crippen LogP contribution in [0.15, 0.2) is 36.4 Å². The first-order valence-corrected chi connectivity index (χ1v) is 5.92. The number of benzene rings is 1. The average Bonchev–Trinajstić information content (AvgIpc) is 2.96. The van der Waals surface area contributed by atoms with Gasteiger partial charge in [0, 0.05) is 5.69 Å². The molecule has 0 spiro atoms. The Balaban J connectivity index is 2.22. The predicted octanol–water partition coefficient (Wildman–Crippen LogP) is 2.63. The lowest BCUT2D eigenvalue weighted by atomic mass is 10.3. The summed E-state index contributed by atoms with van der Waals surface area (Å²) in [6.07, 6.45) is 0. The molecule has 2 heterocycles. The Hall–Kier alpha value is -2.21. The van der Waals surface area contributed by atoms with Crippen molar-refractivity contribution in [2.24, 2.45) is 0 Å². The summed E-state index contributed by atoms with van der Waals surface area (Å²) >= 11 is 5.27. The molecule has 0 aliphatic heterocycles. The Bertz CT molecular complexity index is 722. The molecule has 0 fully saturated rings. The van der Waals surface area contributed by atoms with E-state index in [0.717, 1.165) is 17.1 Å². The van der Waals surface area contributed by atoms with E-state index in [1.807, 2.05) is 47.9 Å². The van der Waals surface area contributed by atoms with E-state index in [1.54, 1.807) is 0 Å². The van der Waals surface area contributed by atoms with Gasteiger partial charge in [0.05, 0.1) is 5.69 Å². The number of nitrogens with zero attached hydrogens (tertiary/aromatic N) is 3. The van der Waals surface area contributed by atoms with E-state index in [4.69, 9.17) is 12.2 Å². The van der Waals surface area contributed by atoms with Gasteiger partial charge in [-0.05, 0) is 37.3 Å². The van der Waals surface area contributed by atoms with Crippen LogP contribution in [0.4, 0.5) is 0 Å². The highest BCUT2D eigenvalue weighted by Gasteiger charge is 2.12. The van der Waals surface area contributed by atoms with Gasteiger partial charge in [-0.1, -0.05) is 18.2 Å². The molecule has 0 aliphatic carbocycles. The summed E-state index contributed by atoms with van der Waals surface area (Å²) < 4.78 is 2.42. The molecule has 18 heavy (non-hydrogen) atoms. The minimum Gasteiger partial charge on any atom is -0.282 e. The van der Waals surface area contributed by atoms with Gasteiger partial charge in [0.25, 0.3) is 0 Å².